The third-order valence-corrected chi connectivity index (χ3v) is 5.15. The first-order valence-corrected chi connectivity index (χ1v) is 10.2. The van der Waals surface area contributed by atoms with Gasteiger partial charge in [0.2, 0.25) is 6.41 Å². The van der Waals surface area contributed by atoms with Gasteiger partial charge in [0.15, 0.2) is 11.5 Å². The molecule has 0 radical (unpaired) electrons. The lowest BCUT2D eigenvalue weighted by atomic mass is 10.0. The van der Waals surface area contributed by atoms with Gasteiger partial charge in [-0.15, -0.1) is 0 Å². The maximum atomic E-state index is 10.6. The van der Waals surface area contributed by atoms with Gasteiger partial charge in [-0.3, -0.25) is 4.79 Å². The Morgan fingerprint density at radius 2 is 1.91 bits per heavy atom. The lowest BCUT2D eigenvalue weighted by molar-refractivity contribution is -0.105. The molecule has 4 rings (SSSR count). The van der Waals surface area contributed by atoms with Crippen molar-refractivity contribution in [1.29, 1.82) is 0 Å². The summed E-state index contributed by atoms with van der Waals surface area (Å²) in [6.45, 7) is 2.10. The Balaban J connectivity index is 1.56. The van der Waals surface area contributed by atoms with Crippen LogP contribution in [-0.2, 0) is 14.3 Å². The van der Waals surface area contributed by atoms with Crippen LogP contribution in [0.25, 0.3) is 22.3 Å². The molecule has 1 aliphatic rings. The highest BCUT2D eigenvalue weighted by Crippen LogP contribution is 2.35. The topological polar surface area (TPSA) is 105 Å². The smallest absolute Gasteiger partial charge is 0.211 e. The standard InChI is InChI=1S/C24H25N3O5/c1-29-23-11-17(4-7-22(23)32-14-20-13-30-8-9-31-20)18-10-21(24(25)26-12-18)16-2-5-19(6-3-16)27-15-28/h2-7,10-12,15,20H,8-9,13-14H2,1H3,(H2,25,26)(H,27,28)/t20-/m1/s1. The van der Waals surface area contributed by atoms with Gasteiger partial charge in [-0.1, -0.05) is 18.2 Å². The van der Waals surface area contributed by atoms with Crippen LogP contribution >= 0.6 is 0 Å². The van der Waals surface area contributed by atoms with E-state index in [2.05, 4.69) is 10.3 Å². The van der Waals surface area contributed by atoms with Gasteiger partial charge in [-0.25, -0.2) is 4.98 Å². The number of nitrogens with zero attached hydrogens (tertiary/aromatic N) is 1. The zero-order chi connectivity index (χ0) is 22.3. The number of amides is 1. The highest BCUT2D eigenvalue weighted by Gasteiger charge is 2.17. The normalized spacial score (nSPS) is 15.7. The van der Waals surface area contributed by atoms with Crippen LogP contribution in [0.4, 0.5) is 11.5 Å². The van der Waals surface area contributed by atoms with E-state index in [1.165, 1.54) is 0 Å². The molecule has 8 nitrogen and oxygen atoms in total. The first kappa shape index (κ1) is 21.6. The van der Waals surface area contributed by atoms with Gasteiger partial charge in [0.05, 0.1) is 26.9 Å². The van der Waals surface area contributed by atoms with E-state index in [9.17, 15) is 4.79 Å². The second-order valence-corrected chi connectivity index (χ2v) is 7.24. The van der Waals surface area contributed by atoms with Gasteiger partial charge in [0, 0.05) is 23.0 Å². The number of rotatable bonds is 8. The molecule has 3 N–H and O–H groups in total. The Kier molecular flexibility index (Phi) is 6.84. The Hall–Kier alpha value is -3.62. The van der Waals surface area contributed by atoms with E-state index in [4.69, 9.17) is 24.7 Å². The SMILES string of the molecule is COc1cc(-c2cnc(N)c(-c3ccc(NC=O)cc3)c2)ccc1OC[C@H]1COCCO1. The second-order valence-electron chi connectivity index (χ2n) is 7.24. The average Bonchev–Trinajstić information content (AvgIpc) is 2.84. The third kappa shape index (κ3) is 4.99. The fourth-order valence-corrected chi connectivity index (χ4v) is 3.46. The molecule has 166 valence electrons. The number of hydrogen-bond acceptors (Lipinski definition) is 7. The number of nitrogens with one attached hydrogen (secondary N) is 1. The number of nitrogen functional groups attached to an aromatic ring is 1. The number of benzene rings is 2. The molecule has 2 aromatic carbocycles. The quantitative estimate of drug-likeness (QED) is 0.523. The van der Waals surface area contributed by atoms with E-state index >= 15 is 0 Å². The minimum absolute atomic E-state index is 0.0925. The Morgan fingerprint density at radius 1 is 1.09 bits per heavy atom. The van der Waals surface area contributed by atoms with Gasteiger partial charge >= 0.3 is 0 Å². The molecular weight excluding hydrogens is 410 g/mol. The van der Waals surface area contributed by atoms with E-state index in [0.717, 1.165) is 22.3 Å². The van der Waals surface area contributed by atoms with Gasteiger partial charge in [-0.05, 0) is 41.5 Å². The van der Waals surface area contributed by atoms with Crippen LogP contribution in [0.15, 0.2) is 54.7 Å². The highest BCUT2D eigenvalue weighted by molar-refractivity contribution is 5.81. The first-order valence-electron chi connectivity index (χ1n) is 10.2. The molecular formula is C24H25N3O5. The van der Waals surface area contributed by atoms with Crippen molar-refractivity contribution < 1.29 is 23.7 Å². The first-order chi connectivity index (χ1) is 15.7. The van der Waals surface area contributed by atoms with E-state index in [1.54, 1.807) is 13.3 Å². The highest BCUT2D eigenvalue weighted by atomic mass is 16.6. The molecule has 3 aromatic rings. The molecule has 0 saturated carbocycles. The number of aromatic nitrogens is 1. The fraction of sp³-hybridized carbons (Fsp3) is 0.250. The van der Waals surface area contributed by atoms with Crippen molar-refractivity contribution in [2.24, 2.45) is 0 Å². The number of anilines is 2. The maximum absolute atomic E-state index is 10.6. The monoisotopic (exact) mass is 435 g/mol. The number of ether oxygens (including phenoxy) is 4. The predicted octanol–water partition coefficient (Wildman–Crippen LogP) is 3.37. The molecule has 0 unspecified atom stereocenters. The number of nitrogens with two attached hydrogens (primary N) is 1. The number of pyridine rings is 1. The van der Waals surface area contributed by atoms with Gasteiger partial charge in [0.1, 0.15) is 18.5 Å². The van der Waals surface area contributed by atoms with Gasteiger partial charge in [0.25, 0.3) is 0 Å². The van der Waals surface area contributed by atoms with E-state index in [0.29, 0.717) is 55.8 Å². The minimum atomic E-state index is -0.0925. The van der Waals surface area contributed by atoms with Crippen LogP contribution in [0.3, 0.4) is 0 Å². The number of carbonyl (C=O) groups is 1. The zero-order valence-corrected chi connectivity index (χ0v) is 17.7. The number of carbonyl (C=O) groups excluding carboxylic acids is 1. The summed E-state index contributed by atoms with van der Waals surface area (Å²) in [5.74, 6) is 1.67. The molecule has 2 heterocycles. The summed E-state index contributed by atoms with van der Waals surface area (Å²) in [6.07, 6.45) is 2.27. The van der Waals surface area contributed by atoms with Crippen molar-refractivity contribution in [1.82, 2.24) is 4.98 Å². The van der Waals surface area contributed by atoms with Crippen LogP contribution in [-0.4, -0.2) is 51.0 Å². The molecule has 0 aliphatic carbocycles. The molecule has 1 amide bonds. The maximum Gasteiger partial charge on any atom is 0.211 e. The van der Waals surface area contributed by atoms with E-state index < -0.39 is 0 Å². The number of methoxy groups -OCH3 is 1. The van der Waals surface area contributed by atoms with Crippen LogP contribution in [0.2, 0.25) is 0 Å². The molecule has 1 atom stereocenters. The van der Waals surface area contributed by atoms with E-state index in [-0.39, 0.29) is 6.10 Å². The predicted molar refractivity (Wildman–Crippen MR) is 122 cm³/mol. The van der Waals surface area contributed by atoms with Crippen molar-refractivity contribution >= 4 is 17.9 Å². The summed E-state index contributed by atoms with van der Waals surface area (Å²) < 4.78 is 22.5. The van der Waals surface area contributed by atoms with Crippen LogP contribution in [0.5, 0.6) is 11.5 Å². The zero-order valence-electron chi connectivity index (χ0n) is 17.7. The van der Waals surface area contributed by atoms with Crippen molar-refractivity contribution in [2.75, 3.05) is 44.6 Å². The van der Waals surface area contributed by atoms with Crippen LogP contribution in [0.1, 0.15) is 0 Å². The second kappa shape index (κ2) is 10.1. The van der Waals surface area contributed by atoms with Gasteiger partial charge in [-0.2, -0.15) is 0 Å². The third-order valence-electron chi connectivity index (χ3n) is 5.15. The van der Waals surface area contributed by atoms with Crippen molar-refractivity contribution in [2.45, 2.75) is 6.10 Å². The van der Waals surface area contributed by atoms with E-state index in [1.807, 2.05) is 48.5 Å². The molecule has 8 heteroatoms. The summed E-state index contributed by atoms with van der Waals surface area (Å²) in [6, 6.07) is 15.1. The Labute approximate surface area is 186 Å². The molecule has 0 spiro atoms. The van der Waals surface area contributed by atoms with Crippen molar-refractivity contribution in [3.63, 3.8) is 0 Å². The molecule has 1 saturated heterocycles. The summed E-state index contributed by atoms with van der Waals surface area (Å²) in [5.41, 5.74) is 10.3. The lowest BCUT2D eigenvalue weighted by Crippen LogP contribution is -2.33. The van der Waals surface area contributed by atoms with Gasteiger partial charge < -0.3 is 30.0 Å². The van der Waals surface area contributed by atoms with Crippen molar-refractivity contribution in [3.05, 3.63) is 54.7 Å². The Bertz CT molecular complexity index is 1070. The summed E-state index contributed by atoms with van der Waals surface area (Å²) in [7, 11) is 1.60. The largest absolute Gasteiger partial charge is 0.493 e. The summed E-state index contributed by atoms with van der Waals surface area (Å²) >= 11 is 0. The molecule has 0 bridgehead atoms. The molecule has 1 aromatic heterocycles. The average molecular weight is 435 g/mol. The Morgan fingerprint density at radius 3 is 2.62 bits per heavy atom. The van der Waals surface area contributed by atoms with Crippen LogP contribution < -0.4 is 20.5 Å². The molecule has 32 heavy (non-hydrogen) atoms. The van der Waals surface area contributed by atoms with Crippen molar-refractivity contribution in [3.8, 4) is 33.8 Å². The number of hydrogen-bond donors (Lipinski definition) is 2. The van der Waals surface area contributed by atoms with Crippen LogP contribution in [0, 0.1) is 0 Å². The summed E-state index contributed by atoms with van der Waals surface area (Å²) in [5, 5.41) is 2.62. The minimum Gasteiger partial charge on any atom is -0.493 e. The lowest BCUT2D eigenvalue weighted by Gasteiger charge is -2.23. The molecule has 1 fully saturated rings. The molecule has 1 aliphatic heterocycles. The fourth-order valence-electron chi connectivity index (χ4n) is 3.46. The summed E-state index contributed by atoms with van der Waals surface area (Å²) in [4.78, 5) is 15.0.